The molecule has 0 unspecified atom stereocenters. The Morgan fingerprint density at radius 2 is 2.05 bits per heavy atom. The zero-order valence-electron chi connectivity index (χ0n) is 12.6. The van der Waals surface area contributed by atoms with E-state index in [1.54, 1.807) is 0 Å². The number of benzene rings is 1. The molecule has 0 amide bonds. The summed E-state index contributed by atoms with van der Waals surface area (Å²) < 4.78 is 11.2. The van der Waals surface area contributed by atoms with Gasteiger partial charge in [0.1, 0.15) is 0 Å². The molecular weight excluding hydrogens is 250 g/mol. The van der Waals surface area contributed by atoms with Crippen LogP contribution < -0.4 is 5.32 Å². The Hall–Kier alpha value is -0.900. The number of ether oxygens (including phenoxy) is 2. The van der Waals surface area contributed by atoms with E-state index in [0.717, 1.165) is 52.4 Å². The number of rotatable bonds is 8. The van der Waals surface area contributed by atoms with Crippen LogP contribution in [0.1, 0.15) is 37.3 Å². The minimum Gasteiger partial charge on any atom is -0.381 e. The van der Waals surface area contributed by atoms with Gasteiger partial charge < -0.3 is 14.8 Å². The van der Waals surface area contributed by atoms with Crippen molar-refractivity contribution in [1.82, 2.24) is 5.32 Å². The molecule has 2 rings (SSSR count). The van der Waals surface area contributed by atoms with Gasteiger partial charge in [0.15, 0.2) is 0 Å². The van der Waals surface area contributed by atoms with Crippen molar-refractivity contribution in [1.29, 1.82) is 0 Å². The van der Waals surface area contributed by atoms with Gasteiger partial charge in [-0.15, -0.1) is 0 Å². The second-order valence-electron chi connectivity index (χ2n) is 5.57. The summed E-state index contributed by atoms with van der Waals surface area (Å²) in [4.78, 5) is 0. The normalized spacial score (nSPS) is 16.4. The molecule has 1 aromatic carbocycles. The first-order valence-electron chi connectivity index (χ1n) is 7.82. The van der Waals surface area contributed by atoms with Crippen LogP contribution in [-0.2, 0) is 22.6 Å². The Bertz CT molecular complexity index is 375. The molecule has 0 aromatic heterocycles. The van der Waals surface area contributed by atoms with Crippen molar-refractivity contribution in [2.24, 2.45) is 5.92 Å². The van der Waals surface area contributed by atoms with Crippen LogP contribution in [0.3, 0.4) is 0 Å². The minimum absolute atomic E-state index is 0.679. The van der Waals surface area contributed by atoms with E-state index in [9.17, 15) is 0 Å². The fourth-order valence-electron chi connectivity index (χ4n) is 2.50. The third-order valence-electron chi connectivity index (χ3n) is 3.71. The van der Waals surface area contributed by atoms with Crippen molar-refractivity contribution in [3.63, 3.8) is 0 Å². The first-order valence-corrected chi connectivity index (χ1v) is 7.82. The van der Waals surface area contributed by atoms with Crippen LogP contribution in [0.4, 0.5) is 0 Å². The fraction of sp³-hybridized carbons (Fsp3) is 0.647. The van der Waals surface area contributed by atoms with Crippen molar-refractivity contribution in [3.8, 4) is 0 Å². The van der Waals surface area contributed by atoms with Crippen molar-refractivity contribution < 1.29 is 9.47 Å². The lowest BCUT2D eigenvalue weighted by Crippen LogP contribution is -2.20. The quantitative estimate of drug-likeness (QED) is 0.741. The summed E-state index contributed by atoms with van der Waals surface area (Å²) in [5.41, 5.74) is 2.61. The molecule has 0 spiro atoms. The molecule has 1 aromatic rings. The van der Waals surface area contributed by atoms with Crippen LogP contribution in [0.15, 0.2) is 24.3 Å². The minimum atomic E-state index is 0.679. The van der Waals surface area contributed by atoms with E-state index < -0.39 is 0 Å². The van der Waals surface area contributed by atoms with E-state index >= 15 is 0 Å². The lowest BCUT2D eigenvalue weighted by Gasteiger charge is -2.21. The Morgan fingerprint density at radius 1 is 1.25 bits per heavy atom. The standard InChI is InChI=1S/C17H27NO2/c1-2-8-18-12-16-4-3-5-17(11-16)14-20-13-15-6-9-19-10-7-15/h3-5,11,15,18H,2,6-10,12-14H2,1H3. The summed E-state index contributed by atoms with van der Waals surface area (Å²) in [5, 5.41) is 3.43. The molecule has 0 bridgehead atoms. The third kappa shape index (κ3) is 5.61. The number of nitrogens with one attached hydrogen (secondary N) is 1. The summed E-state index contributed by atoms with van der Waals surface area (Å²) >= 11 is 0. The molecule has 20 heavy (non-hydrogen) atoms. The highest BCUT2D eigenvalue weighted by atomic mass is 16.5. The highest BCUT2D eigenvalue weighted by molar-refractivity contribution is 5.22. The Morgan fingerprint density at radius 3 is 2.85 bits per heavy atom. The topological polar surface area (TPSA) is 30.5 Å². The molecule has 0 aliphatic carbocycles. The second kappa shape index (κ2) is 9.11. The molecule has 0 radical (unpaired) electrons. The Kier molecular flexibility index (Phi) is 7.06. The van der Waals surface area contributed by atoms with Crippen LogP contribution in [0.25, 0.3) is 0 Å². The average molecular weight is 277 g/mol. The van der Waals surface area contributed by atoms with Gasteiger partial charge in [-0.2, -0.15) is 0 Å². The van der Waals surface area contributed by atoms with Gasteiger partial charge >= 0.3 is 0 Å². The van der Waals surface area contributed by atoms with Crippen molar-refractivity contribution >= 4 is 0 Å². The molecule has 1 N–H and O–H groups in total. The second-order valence-corrected chi connectivity index (χ2v) is 5.57. The maximum absolute atomic E-state index is 5.86. The zero-order valence-corrected chi connectivity index (χ0v) is 12.6. The summed E-state index contributed by atoms with van der Waals surface area (Å²) in [7, 11) is 0. The van der Waals surface area contributed by atoms with E-state index in [-0.39, 0.29) is 0 Å². The van der Waals surface area contributed by atoms with Gasteiger partial charge in [-0.1, -0.05) is 31.2 Å². The molecule has 1 aliphatic heterocycles. The lowest BCUT2D eigenvalue weighted by atomic mass is 10.0. The van der Waals surface area contributed by atoms with Gasteiger partial charge in [0, 0.05) is 19.8 Å². The van der Waals surface area contributed by atoms with E-state index in [2.05, 4.69) is 36.5 Å². The van der Waals surface area contributed by atoms with E-state index in [1.807, 2.05) is 0 Å². The lowest BCUT2D eigenvalue weighted by molar-refractivity contribution is 0.0157. The van der Waals surface area contributed by atoms with Gasteiger partial charge in [0.2, 0.25) is 0 Å². The summed E-state index contributed by atoms with van der Waals surface area (Å²) in [5.74, 6) is 0.679. The first-order chi connectivity index (χ1) is 9.88. The van der Waals surface area contributed by atoms with Crippen molar-refractivity contribution in [2.75, 3.05) is 26.4 Å². The van der Waals surface area contributed by atoms with Crippen molar-refractivity contribution in [2.45, 2.75) is 39.3 Å². The first kappa shape index (κ1) is 15.5. The molecule has 0 atom stereocenters. The molecule has 3 nitrogen and oxygen atoms in total. The zero-order chi connectivity index (χ0) is 14.0. The average Bonchev–Trinajstić information content (AvgIpc) is 2.49. The van der Waals surface area contributed by atoms with Gasteiger partial charge in [-0.25, -0.2) is 0 Å². The van der Waals surface area contributed by atoms with Gasteiger partial charge in [0.05, 0.1) is 13.2 Å². The molecule has 1 heterocycles. The van der Waals surface area contributed by atoms with E-state index in [1.165, 1.54) is 17.5 Å². The van der Waals surface area contributed by atoms with E-state index in [4.69, 9.17) is 9.47 Å². The Balaban J connectivity index is 1.70. The molecule has 3 heteroatoms. The summed E-state index contributed by atoms with van der Waals surface area (Å²) in [6.45, 7) is 7.58. The van der Waals surface area contributed by atoms with Crippen LogP contribution in [0, 0.1) is 5.92 Å². The molecule has 0 saturated carbocycles. The molecule has 112 valence electrons. The van der Waals surface area contributed by atoms with Crippen LogP contribution in [0.5, 0.6) is 0 Å². The largest absolute Gasteiger partial charge is 0.381 e. The van der Waals surface area contributed by atoms with Gasteiger partial charge in [-0.3, -0.25) is 0 Å². The number of hydrogen-bond acceptors (Lipinski definition) is 3. The SMILES string of the molecule is CCCNCc1cccc(COCC2CCOCC2)c1. The van der Waals surface area contributed by atoms with Gasteiger partial charge in [0.25, 0.3) is 0 Å². The van der Waals surface area contributed by atoms with Crippen LogP contribution >= 0.6 is 0 Å². The molecule has 1 saturated heterocycles. The molecule has 1 aliphatic rings. The highest BCUT2D eigenvalue weighted by Gasteiger charge is 2.13. The highest BCUT2D eigenvalue weighted by Crippen LogP contribution is 2.16. The maximum atomic E-state index is 5.86. The maximum Gasteiger partial charge on any atom is 0.0717 e. The summed E-state index contributed by atoms with van der Waals surface area (Å²) in [6, 6.07) is 8.68. The van der Waals surface area contributed by atoms with Crippen LogP contribution in [0.2, 0.25) is 0 Å². The van der Waals surface area contributed by atoms with Gasteiger partial charge in [-0.05, 0) is 42.9 Å². The Labute approximate surface area is 122 Å². The fourth-order valence-corrected chi connectivity index (χ4v) is 2.50. The monoisotopic (exact) mass is 277 g/mol. The smallest absolute Gasteiger partial charge is 0.0717 e. The summed E-state index contributed by atoms with van der Waals surface area (Å²) in [6.07, 6.45) is 3.45. The predicted octanol–water partition coefficient (Wildman–Crippen LogP) is 3.13. The molecular formula is C17H27NO2. The van der Waals surface area contributed by atoms with Crippen LogP contribution in [-0.4, -0.2) is 26.4 Å². The third-order valence-corrected chi connectivity index (χ3v) is 3.71. The predicted molar refractivity (Wildman–Crippen MR) is 81.6 cm³/mol. The van der Waals surface area contributed by atoms with E-state index in [0.29, 0.717) is 5.92 Å². The number of hydrogen-bond donors (Lipinski definition) is 1. The molecule has 1 fully saturated rings. The van der Waals surface area contributed by atoms with Crippen molar-refractivity contribution in [3.05, 3.63) is 35.4 Å².